The average molecular weight is 418 g/mol. The molecule has 1 saturated heterocycles. The molecule has 2 aromatic heterocycles. The predicted molar refractivity (Wildman–Crippen MR) is 105 cm³/mol. The van der Waals surface area contributed by atoms with E-state index in [1.807, 2.05) is 0 Å². The number of aromatic amines is 1. The topological polar surface area (TPSA) is 103 Å². The highest BCUT2D eigenvalue weighted by Gasteiger charge is 2.31. The highest BCUT2D eigenvalue weighted by Crippen LogP contribution is 2.33. The normalized spacial score (nSPS) is 14.7. The van der Waals surface area contributed by atoms with Crippen LogP contribution in [0.15, 0.2) is 35.3 Å². The highest BCUT2D eigenvalue weighted by atomic mass is 19.4. The summed E-state index contributed by atoms with van der Waals surface area (Å²) in [5, 5.41) is 5.64. The Morgan fingerprint density at radius 1 is 1.17 bits per heavy atom. The van der Waals surface area contributed by atoms with Gasteiger partial charge in [0.1, 0.15) is 11.2 Å². The highest BCUT2D eigenvalue weighted by molar-refractivity contribution is 5.91. The van der Waals surface area contributed by atoms with Crippen LogP contribution in [0, 0.1) is 6.92 Å². The second-order valence-corrected chi connectivity index (χ2v) is 6.92. The molecule has 11 heteroatoms. The Kier molecular flexibility index (Phi) is 4.80. The molecule has 30 heavy (non-hydrogen) atoms. The molecule has 0 saturated carbocycles. The SMILES string of the molecule is Cc1cc(Nc2nc(N3CCNC(=O)C3)nc3cc[nH]c(=O)c23)cc(C(F)(F)F)c1. The number of carbonyl (C=O) groups is 1. The van der Waals surface area contributed by atoms with Crippen molar-refractivity contribution < 1.29 is 18.0 Å². The molecular weight excluding hydrogens is 401 g/mol. The fourth-order valence-electron chi connectivity index (χ4n) is 3.28. The van der Waals surface area contributed by atoms with Gasteiger partial charge in [0.2, 0.25) is 11.9 Å². The van der Waals surface area contributed by atoms with E-state index >= 15 is 0 Å². The summed E-state index contributed by atoms with van der Waals surface area (Å²) in [6.07, 6.45) is -3.09. The van der Waals surface area contributed by atoms with Gasteiger partial charge in [-0.1, -0.05) is 0 Å². The van der Waals surface area contributed by atoms with Crippen molar-refractivity contribution in [3.05, 3.63) is 51.9 Å². The first-order valence-corrected chi connectivity index (χ1v) is 9.08. The third kappa shape index (κ3) is 3.91. The van der Waals surface area contributed by atoms with Crippen molar-refractivity contribution >= 4 is 34.3 Å². The smallest absolute Gasteiger partial charge is 0.353 e. The summed E-state index contributed by atoms with van der Waals surface area (Å²) < 4.78 is 39.6. The number of nitrogens with zero attached hydrogens (tertiary/aromatic N) is 3. The van der Waals surface area contributed by atoms with E-state index in [-0.39, 0.29) is 35.3 Å². The van der Waals surface area contributed by atoms with E-state index in [1.165, 1.54) is 12.3 Å². The second kappa shape index (κ2) is 7.32. The molecule has 0 atom stereocenters. The van der Waals surface area contributed by atoms with Crippen LogP contribution in [0.2, 0.25) is 0 Å². The van der Waals surface area contributed by atoms with Gasteiger partial charge in [0.05, 0.1) is 17.6 Å². The number of nitrogens with one attached hydrogen (secondary N) is 3. The van der Waals surface area contributed by atoms with Crippen LogP contribution in [0.4, 0.5) is 30.6 Å². The number of aryl methyl sites for hydroxylation is 1. The van der Waals surface area contributed by atoms with Gasteiger partial charge in [-0.2, -0.15) is 18.2 Å². The molecular formula is C19H17F3N6O2. The fourth-order valence-corrected chi connectivity index (χ4v) is 3.28. The monoisotopic (exact) mass is 418 g/mol. The zero-order chi connectivity index (χ0) is 21.5. The maximum atomic E-state index is 13.2. The number of hydrogen-bond donors (Lipinski definition) is 3. The van der Waals surface area contributed by atoms with E-state index in [0.717, 1.165) is 12.1 Å². The molecule has 3 heterocycles. The lowest BCUT2D eigenvalue weighted by Crippen LogP contribution is -2.48. The number of benzene rings is 1. The minimum absolute atomic E-state index is 0.0385. The van der Waals surface area contributed by atoms with E-state index in [0.29, 0.717) is 24.2 Å². The summed E-state index contributed by atoms with van der Waals surface area (Å²) in [5.74, 6) is 0.0644. The van der Waals surface area contributed by atoms with Crippen molar-refractivity contribution in [1.82, 2.24) is 20.3 Å². The quantitative estimate of drug-likeness (QED) is 0.603. The minimum atomic E-state index is -4.51. The number of aromatic nitrogens is 3. The van der Waals surface area contributed by atoms with Gasteiger partial charge in [-0.15, -0.1) is 0 Å². The number of alkyl halides is 3. The molecule has 1 fully saturated rings. The van der Waals surface area contributed by atoms with Crippen molar-refractivity contribution in [2.45, 2.75) is 13.1 Å². The molecule has 4 rings (SSSR count). The summed E-state index contributed by atoms with van der Waals surface area (Å²) in [7, 11) is 0. The van der Waals surface area contributed by atoms with Gasteiger partial charge in [-0.3, -0.25) is 9.59 Å². The Labute approximate surface area is 168 Å². The Morgan fingerprint density at radius 3 is 2.70 bits per heavy atom. The molecule has 3 aromatic rings. The molecule has 0 bridgehead atoms. The molecule has 1 amide bonds. The summed E-state index contributed by atoms with van der Waals surface area (Å²) in [6.45, 7) is 2.45. The van der Waals surface area contributed by atoms with Crippen molar-refractivity contribution in [2.24, 2.45) is 0 Å². The Balaban J connectivity index is 1.82. The van der Waals surface area contributed by atoms with Gasteiger partial charge in [0, 0.05) is 25.0 Å². The number of halogens is 3. The van der Waals surface area contributed by atoms with E-state index < -0.39 is 17.3 Å². The van der Waals surface area contributed by atoms with E-state index in [1.54, 1.807) is 17.9 Å². The molecule has 3 N–H and O–H groups in total. The van der Waals surface area contributed by atoms with Gasteiger partial charge >= 0.3 is 6.18 Å². The van der Waals surface area contributed by atoms with Gasteiger partial charge in [-0.25, -0.2) is 4.98 Å². The van der Waals surface area contributed by atoms with Gasteiger partial charge < -0.3 is 20.5 Å². The summed E-state index contributed by atoms with van der Waals surface area (Å²) >= 11 is 0. The van der Waals surface area contributed by atoms with Crippen LogP contribution in [0.5, 0.6) is 0 Å². The summed E-state index contributed by atoms with van der Waals surface area (Å²) in [6, 6.07) is 5.07. The molecule has 8 nitrogen and oxygen atoms in total. The molecule has 1 aliphatic rings. The number of hydrogen-bond acceptors (Lipinski definition) is 6. The van der Waals surface area contributed by atoms with Crippen molar-refractivity contribution in [2.75, 3.05) is 29.9 Å². The van der Waals surface area contributed by atoms with Crippen LogP contribution in [-0.2, 0) is 11.0 Å². The summed E-state index contributed by atoms with van der Waals surface area (Å²) in [5.41, 5.74) is -0.465. The molecule has 1 aromatic carbocycles. The number of rotatable bonds is 3. The van der Waals surface area contributed by atoms with Crippen molar-refractivity contribution in [1.29, 1.82) is 0 Å². The van der Waals surface area contributed by atoms with Gasteiger partial charge in [-0.05, 0) is 36.8 Å². The number of amides is 1. The van der Waals surface area contributed by atoms with Crippen LogP contribution in [0.3, 0.4) is 0 Å². The van der Waals surface area contributed by atoms with Gasteiger partial charge in [0.15, 0.2) is 0 Å². The molecule has 0 aliphatic carbocycles. The first kappa shape index (κ1) is 19.7. The number of fused-ring (bicyclic) bond motifs is 1. The summed E-state index contributed by atoms with van der Waals surface area (Å²) in [4.78, 5) is 37.0. The van der Waals surface area contributed by atoms with Crippen LogP contribution in [0.1, 0.15) is 11.1 Å². The third-order valence-corrected chi connectivity index (χ3v) is 4.60. The van der Waals surface area contributed by atoms with E-state index in [2.05, 4.69) is 25.6 Å². The van der Waals surface area contributed by atoms with E-state index in [4.69, 9.17) is 0 Å². The van der Waals surface area contributed by atoms with Crippen molar-refractivity contribution in [3.63, 3.8) is 0 Å². The van der Waals surface area contributed by atoms with Crippen LogP contribution in [-0.4, -0.2) is 40.5 Å². The lowest BCUT2D eigenvalue weighted by atomic mass is 10.1. The van der Waals surface area contributed by atoms with Crippen LogP contribution in [0.25, 0.3) is 10.9 Å². The number of carbonyl (C=O) groups excluding carboxylic acids is 1. The standard InChI is InChI=1S/C19H17F3N6O2/c1-10-6-11(19(20,21)22)8-12(7-10)25-16-15-13(2-3-24-17(15)30)26-18(27-16)28-5-4-23-14(29)9-28/h2-3,6-8H,4-5,9H2,1H3,(H,23,29)(H,24,30)(H,25,26,27). The largest absolute Gasteiger partial charge is 0.416 e. The molecule has 156 valence electrons. The Morgan fingerprint density at radius 2 is 1.97 bits per heavy atom. The maximum absolute atomic E-state index is 13.2. The number of pyridine rings is 1. The molecule has 1 aliphatic heterocycles. The predicted octanol–water partition coefficient (Wildman–Crippen LogP) is 2.33. The number of piperazine rings is 1. The molecule has 0 spiro atoms. The molecule has 0 radical (unpaired) electrons. The van der Waals surface area contributed by atoms with Gasteiger partial charge in [0.25, 0.3) is 5.56 Å². The first-order chi connectivity index (χ1) is 14.2. The number of H-pyrrole nitrogens is 1. The average Bonchev–Trinajstić information content (AvgIpc) is 2.66. The second-order valence-electron chi connectivity index (χ2n) is 6.92. The third-order valence-electron chi connectivity index (χ3n) is 4.60. The first-order valence-electron chi connectivity index (χ1n) is 9.08. The zero-order valence-corrected chi connectivity index (χ0v) is 15.8. The lowest BCUT2D eigenvalue weighted by Gasteiger charge is -2.27. The molecule has 0 unspecified atom stereocenters. The zero-order valence-electron chi connectivity index (χ0n) is 15.8. The maximum Gasteiger partial charge on any atom is 0.416 e. The van der Waals surface area contributed by atoms with E-state index in [9.17, 15) is 22.8 Å². The lowest BCUT2D eigenvalue weighted by molar-refractivity contribution is -0.137. The fraction of sp³-hybridized carbons (Fsp3) is 0.263. The number of anilines is 3. The van der Waals surface area contributed by atoms with Crippen LogP contribution >= 0.6 is 0 Å². The minimum Gasteiger partial charge on any atom is -0.353 e. The Hall–Kier alpha value is -3.63. The van der Waals surface area contributed by atoms with Crippen molar-refractivity contribution in [3.8, 4) is 0 Å². The Bertz CT molecular complexity index is 1190. The van der Waals surface area contributed by atoms with Crippen LogP contribution < -0.4 is 21.1 Å².